The van der Waals surface area contributed by atoms with Crippen molar-refractivity contribution < 1.29 is 4.79 Å². The van der Waals surface area contributed by atoms with E-state index in [1.165, 1.54) is 47.0 Å². The third-order valence-corrected chi connectivity index (χ3v) is 7.98. The molecule has 0 aromatic heterocycles. The van der Waals surface area contributed by atoms with Crippen LogP contribution >= 0.6 is 0 Å². The highest BCUT2D eigenvalue weighted by atomic mass is 16.1. The van der Waals surface area contributed by atoms with Crippen LogP contribution in [0.15, 0.2) is 109 Å². The van der Waals surface area contributed by atoms with Crippen LogP contribution in [0, 0.1) is 11.3 Å². The summed E-state index contributed by atoms with van der Waals surface area (Å²) in [6.45, 7) is 1.44. The molecule has 0 amide bonds. The SMILES string of the molecule is CC(=O)/C(C#N)=C/c1ccc2c(c1)C1CCCC1N2c1ccc(C=C(c2ccccc2)c2ccccc2)cc1. The molecule has 4 aromatic carbocycles. The first-order chi connectivity index (χ1) is 19.1. The molecule has 0 spiro atoms. The van der Waals surface area contributed by atoms with E-state index in [0.29, 0.717) is 12.0 Å². The number of anilines is 2. The Morgan fingerprint density at radius 2 is 1.46 bits per heavy atom. The van der Waals surface area contributed by atoms with Crippen LogP contribution in [0.2, 0.25) is 0 Å². The topological polar surface area (TPSA) is 44.1 Å². The zero-order chi connectivity index (χ0) is 26.8. The largest absolute Gasteiger partial charge is 0.338 e. The summed E-state index contributed by atoms with van der Waals surface area (Å²) in [5, 5.41) is 9.35. The number of carbonyl (C=O) groups excluding carboxylic acids is 1. The predicted octanol–water partition coefficient (Wildman–Crippen LogP) is 8.56. The van der Waals surface area contributed by atoms with E-state index in [1.807, 2.05) is 12.1 Å². The zero-order valence-corrected chi connectivity index (χ0v) is 22.0. The molecular formula is C36H30N2O. The van der Waals surface area contributed by atoms with Gasteiger partial charge in [0.1, 0.15) is 6.07 Å². The fourth-order valence-electron chi connectivity index (χ4n) is 6.15. The molecular weight excluding hydrogens is 476 g/mol. The smallest absolute Gasteiger partial charge is 0.170 e. The summed E-state index contributed by atoms with van der Waals surface area (Å²) >= 11 is 0. The van der Waals surface area contributed by atoms with Gasteiger partial charge in [0.25, 0.3) is 0 Å². The fraction of sp³-hybridized carbons (Fsp3) is 0.167. The molecule has 1 aliphatic carbocycles. The third-order valence-electron chi connectivity index (χ3n) is 7.98. The van der Waals surface area contributed by atoms with E-state index < -0.39 is 0 Å². The molecule has 0 N–H and O–H groups in total. The lowest BCUT2D eigenvalue weighted by Crippen LogP contribution is -2.26. The van der Waals surface area contributed by atoms with Crippen molar-refractivity contribution >= 4 is 34.9 Å². The molecule has 3 nitrogen and oxygen atoms in total. The summed E-state index contributed by atoms with van der Waals surface area (Å²) in [4.78, 5) is 14.3. The van der Waals surface area contributed by atoms with Crippen LogP contribution < -0.4 is 4.90 Å². The lowest BCUT2D eigenvalue weighted by molar-refractivity contribution is -0.113. The van der Waals surface area contributed by atoms with Gasteiger partial charge in [-0.1, -0.05) is 85.3 Å². The summed E-state index contributed by atoms with van der Waals surface area (Å²) in [6, 6.07) is 38.8. The van der Waals surface area contributed by atoms with Crippen molar-refractivity contribution in [3.63, 3.8) is 0 Å². The number of nitriles is 1. The Morgan fingerprint density at radius 1 is 0.821 bits per heavy atom. The van der Waals surface area contributed by atoms with Crippen LogP contribution in [0.3, 0.4) is 0 Å². The molecule has 2 aliphatic rings. The van der Waals surface area contributed by atoms with Gasteiger partial charge >= 0.3 is 0 Å². The highest BCUT2D eigenvalue weighted by Crippen LogP contribution is 2.52. The van der Waals surface area contributed by atoms with Gasteiger partial charge in [-0.15, -0.1) is 0 Å². The second-order valence-electron chi connectivity index (χ2n) is 10.4. The molecule has 3 heteroatoms. The van der Waals surface area contributed by atoms with E-state index in [-0.39, 0.29) is 11.4 Å². The summed E-state index contributed by atoms with van der Waals surface area (Å²) in [5.74, 6) is 0.272. The van der Waals surface area contributed by atoms with Crippen molar-refractivity contribution in [2.75, 3.05) is 4.90 Å². The van der Waals surface area contributed by atoms with Crippen LogP contribution in [0.5, 0.6) is 0 Å². The average molecular weight is 507 g/mol. The van der Waals surface area contributed by atoms with Crippen LogP contribution in [-0.4, -0.2) is 11.8 Å². The number of nitrogens with zero attached hydrogens (tertiary/aromatic N) is 2. The number of allylic oxidation sites excluding steroid dienone is 1. The van der Waals surface area contributed by atoms with Gasteiger partial charge in [-0.25, -0.2) is 0 Å². The van der Waals surface area contributed by atoms with Crippen molar-refractivity contribution in [3.05, 3.63) is 137 Å². The second kappa shape index (κ2) is 10.6. The Morgan fingerprint density at radius 3 is 2.08 bits per heavy atom. The maximum absolute atomic E-state index is 11.8. The van der Waals surface area contributed by atoms with Crippen molar-refractivity contribution in [2.45, 2.75) is 38.1 Å². The van der Waals surface area contributed by atoms with Crippen molar-refractivity contribution in [1.82, 2.24) is 0 Å². The minimum absolute atomic E-state index is 0.196. The Kier molecular flexibility index (Phi) is 6.69. The van der Waals surface area contributed by atoms with E-state index >= 15 is 0 Å². The van der Waals surface area contributed by atoms with Gasteiger partial charge in [0, 0.05) is 23.3 Å². The molecule has 4 aromatic rings. The van der Waals surface area contributed by atoms with E-state index in [2.05, 4.69) is 108 Å². The van der Waals surface area contributed by atoms with Gasteiger partial charge in [0.15, 0.2) is 5.78 Å². The van der Waals surface area contributed by atoms with Gasteiger partial charge in [-0.3, -0.25) is 4.79 Å². The van der Waals surface area contributed by atoms with Gasteiger partial charge < -0.3 is 4.90 Å². The Labute approximate surface area is 230 Å². The molecule has 1 fully saturated rings. The number of hydrogen-bond acceptors (Lipinski definition) is 3. The minimum Gasteiger partial charge on any atom is -0.338 e. The first-order valence-electron chi connectivity index (χ1n) is 13.6. The van der Waals surface area contributed by atoms with Crippen molar-refractivity contribution in [1.29, 1.82) is 5.26 Å². The molecule has 0 bridgehead atoms. The quantitative estimate of drug-likeness (QED) is 0.149. The number of carbonyl (C=O) groups is 1. The number of ketones is 1. The first kappa shape index (κ1) is 24.6. The van der Waals surface area contributed by atoms with E-state index in [0.717, 1.165) is 24.0 Å². The molecule has 39 heavy (non-hydrogen) atoms. The van der Waals surface area contributed by atoms with Crippen LogP contribution in [0.4, 0.5) is 11.4 Å². The summed E-state index contributed by atoms with van der Waals surface area (Å²) in [6.07, 6.45) is 7.52. The van der Waals surface area contributed by atoms with Gasteiger partial charge in [-0.2, -0.15) is 5.26 Å². The molecule has 0 radical (unpaired) electrons. The molecule has 0 saturated heterocycles. The van der Waals surface area contributed by atoms with Crippen LogP contribution in [0.25, 0.3) is 17.7 Å². The number of Topliss-reactive ketones (excluding diaryl/α,β-unsaturated/α-hetero) is 1. The minimum atomic E-state index is -0.199. The fourth-order valence-corrected chi connectivity index (χ4v) is 6.15. The summed E-state index contributed by atoms with van der Waals surface area (Å²) < 4.78 is 0. The highest BCUT2D eigenvalue weighted by Gasteiger charge is 2.42. The van der Waals surface area contributed by atoms with Crippen LogP contribution in [-0.2, 0) is 4.79 Å². The number of benzene rings is 4. The monoisotopic (exact) mass is 506 g/mol. The van der Waals surface area contributed by atoms with Crippen molar-refractivity contribution in [2.24, 2.45) is 0 Å². The molecule has 2 atom stereocenters. The predicted molar refractivity (Wildman–Crippen MR) is 160 cm³/mol. The molecule has 190 valence electrons. The van der Waals surface area contributed by atoms with Crippen LogP contribution in [0.1, 0.15) is 59.9 Å². The van der Waals surface area contributed by atoms with Gasteiger partial charge in [0.2, 0.25) is 0 Å². The molecule has 1 saturated carbocycles. The molecule has 6 rings (SSSR count). The highest BCUT2D eigenvalue weighted by molar-refractivity contribution is 6.01. The Bertz CT molecular complexity index is 1570. The maximum Gasteiger partial charge on any atom is 0.170 e. The standard InChI is InChI=1S/C36H30N2O/c1-25(39)30(24-37)21-27-17-20-36-34(23-27)32-13-8-14-35(32)38(36)31-18-15-26(16-19-31)22-33(28-9-4-2-5-10-28)29-11-6-3-7-12-29/h2-7,9-12,15-23,32,35H,8,13-14H2,1H3/b30-21+. The third kappa shape index (κ3) is 4.82. The average Bonchev–Trinajstić information content (AvgIpc) is 3.57. The van der Waals surface area contributed by atoms with Gasteiger partial charge in [0.05, 0.1) is 5.57 Å². The Balaban J connectivity index is 1.35. The van der Waals surface area contributed by atoms with Crippen molar-refractivity contribution in [3.8, 4) is 6.07 Å². The number of fused-ring (bicyclic) bond motifs is 3. The molecule has 1 heterocycles. The Hall–Kier alpha value is -4.68. The molecule has 2 unspecified atom stereocenters. The first-order valence-corrected chi connectivity index (χ1v) is 13.6. The maximum atomic E-state index is 11.8. The lowest BCUT2D eigenvalue weighted by Gasteiger charge is -2.27. The molecule has 1 aliphatic heterocycles. The summed E-state index contributed by atoms with van der Waals surface area (Å²) in [7, 11) is 0. The number of hydrogen-bond donors (Lipinski definition) is 0. The van der Waals surface area contributed by atoms with E-state index in [4.69, 9.17) is 0 Å². The summed E-state index contributed by atoms with van der Waals surface area (Å²) in [5.41, 5.74) is 9.64. The normalized spacial score (nSPS) is 17.7. The van der Waals surface area contributed by atoms with E-state index in [9.17, 15) is 10.1 Å². The second-order valence-corrected chi connectivity index (χ2v) is 10.4. The van der Waals surface area contributed by atoms with Gasteiger partial charge in [-0.05, 0) is 89.6 Å². The lowest BCUT2D eigenvalue weighted by atomic mass is 9.95. The zero-order valence-electron chi connectivity index (χ0n) is 22.0. The number of rotatable bonds is 6. The van der Waals surface area contributed by atoms with E-state index in [1.54, 1.807) is 6.08 Å².